The van der Waals surface area contributed by atoms with E-state index in [1.807, 2.05) is 42.5 Å². The first-order chi connectivity index (χ1) is 14.8. The highest BCUT2D eigenvalue weighted by atomic mass is 32.1. The summed E-state index contributed by atoms with van der Waals surface area (Å²) in [6.07, 6.45) is 1.35. The van der Waals surface area contributed by atoms with Crippen molar-refractivity contribution in [3.8, 4) is 11.5 Å². The maximum atomic E-state index is 13.5. The van der Waals surface area contributed by atoms with E-state index in [9.17, 15) is 4.79 Å². The summed E-state index contributed by atoms with van der Waals surface area (Å²) in [5.41, 5.74) is 4.79. The minimum absolute atomic E-state index is 0.185. The first kappa shape index (κ1) is 17.6. The second-order valence-electron chi connectivity index (χ2n) is 7.80. The van der Waals surface area contributed by atoms with Gasteiger partial charge in [-0.15, -0.1) is 11.3 Å². The standard InChI is InChI=1S/C24H20N2O3S/c27-19-11-15(22-6-3-9-30-22)10-18-23(19)24(26-17-5-2-1-4-16(17)25-18)14-7-8-20-21(12-14)29-13-28-20/h1-9,12,15,24-26H,10-11,13H2/t15-,24+/m1/s1. The number of benzene rings is 2. The number of allylic oxidation sites excluding steroid dienone is 1. The van der Waals surface area contributed by atoms with Crippen molar-refractivity contribution in [3.63, 3.8) is 0 Å². The van der Waals surface area contributed by atoms with Crippen LogP contribution in [0.4, 0.5) is 11.4 Å². The van der Waals surface area contributed by atoms with Crippen molar-refractivity contribution in [1.82, 2.24) is 0 Å². The lowest BCUT2D eigenvalue weighted by Crippen LogP contribution is -2.26. The van der Waals surface area contributed by atoms with Gasteiger partial charge in [0.25, 0.3) is 0 Å². The van der Waals surface area contributed by atoms with Crippen LogP contribution in [0, 0.1) is 0 Å². The fourth-order valence-corrected chi connectivity index (χ4v) is 5.39. The van der Waals surface area contributed by atoms with Gasteiger partial charge in [-0.25, -0.2) is 0 Å². The van der Waals surface area contributed by atoms with Crippen molar-refractivity contribution in [1.29, 1.82) is 0 Å². The van der Waals surface area contributed by atoms with Crippen LogP contribution in [0.3, 0.4) is 0 Å². The fourth-order valence-electron chi connectivity index (χ4n) is 4.56. The average Bonchev–Trinajstić information content (AvgIpc) is 3.42. The first-order valence-electron chi connectivity index (χ1n) is 10.1. The summed E-state index contributed by atoms with van der Waals surface area (Å²) >= 11 is 1.72. The van der Waals surface area contributed by atoms with Crippen LogP contribution in [0.1, 0.15) is 35.2 Å². The molecule has 3 heterocycles. The number of hydrogen-bond donors (Lipinski definition) is 2. The molecule has 0 bridgehead atoms. The number of hydrogen-bond acceptors (Lipinski definition) is 6. The molecule has 0 fully saturated rings. The van der Waals surface area contributed by atoms with Crippen LogP contribution in [-0.2, 0) is 4.79 Å². The van der Waals surface area contributed by atoms with E-state index in [0.29, 0.717) is 6.42 Å². The van der Waals surface area contributed by atoms with E-state index in [1.54, 1.807) is 11.3 Å². The monoisotopic (exact) mass is 416 g/mol. The summed E-state index contributed by atoms with van der Waals surface area (Å²) in [6.45, 7) is 0.233. The van der Waals surface area contributed by atoms with Crippen LogP contribution in [0.2, 0.25) is 0 Å². The summed E-state index contributed by atoms with van der Waals surface area (Å²) in [7, 11) is 0. The number of thiophene rings is 1. The molecule has 6 rings (SSSR count). The Balaban J connectivity index is 1.47. The third kappa shape index (κ3) is 2.87. The Morgan fingerprint density at radius 3 is 2.67 bits per heavy atom. The van der Waals surface area contributed by atoms with E-state index in [4.69, 9.17) is 9.47 Å². The Morgan fingerprint density at radius 1 is 0.933 bits per heavy atom. The summed E-state index contributed by atoms with van der Waals surface area (Å²) in [5, 5.41) is 9.27. The zero-order chi connectivity index (χ0) is 20.1. The van der Waals surface area contributed by atoms with Gasteiger partial charge in [0.15, 0.2) is 17.3 Å². The lowest BCUT2D eigenvalue weighted by Gasteiger charge is -2.29. The molecule has 150 valence electrons. The number of Topliss-reactive ketones (excluding diaryl/α,β-unsaturated/α-hetero) is 1. The summed E-state index contributed by atoms with van der Waals surface area (Å²) in [4.78, 5) is 14.7. The van der Waals surface area contributed by atoms with Gasteiger partial charge in [0.2, 0.25) is 6.79 Å². The zero-order valence-electron chi connectivity index (χ0n) is 16.2. The third-order valence-corrected chi connectivity index (χ3v) is 7.02. The van der Waals surface area contributed by atoms with E-state index in [2.05, 4.69) is 28.1 Å². The number of anilines is 2. The van der Waals surface area contributed by atoms with E-state index in [1.165, 1.54) is 4.88 Å². The van der Waals surface area contributed by atoms with Crippen LogP contribution >= 0.6 is 11.3 Å². The van der Waals surface area contributed by atoms with Crippen LogP contribution in [-0.4, -0.2) is 12.6 Å². The number of nitrogens with one attached hydrogen (secondary N) is 2. The zero-order valence-corrected chi connectivity index (χ0v) is 17.0. The Kier molecular flexibility index (Phi) is 4.06. The number of rotatable bonds is 2. The van der Waals surface area contributed by atoms with Crippen LogP contribution < -0.4 is 20.1 Å². The molecule has 0 amide bonds. The molecule has 30 heavy (non-hydrogen) atoms. The molecule has 6 heteroatoms. The second-order valence-corrected chi connectivity index (χ2v) is 8.78. The molecule has 0 spiro atoms. The smallest absolute Gasteiger partial charge is 0.231 e. The SMILES string of the molecule is O=C1C[C@H](c2cccs2)CC2=C1[C@H](c1ccc3c(c1)OCO3)Nc1ccccc1N2. The van der Waals surface area contributed by atoms with Crippen molar-refractivity contribution in [3.05, 3.63) is 81.7 Å². The highest BCUT2D eigenvalue weighted by molar-refractivity contribution is 7.10. The van der Waals surface area contributed by atoms with Gasteiger partial charge in [-0.3, -0.25) is 4.79 Å². The van der Waals surface area contributed by atoms with Gasteiger partial charge in [0, 0.05) is 28.5 Å². The lowest BCUT2D eigenvalue weighted by molar-refractivity contribution is -0.116. The molecular formula is C24H20N2O3S. The molecule has 0 unspecified atom stereocenters. The Hall–Kier alpha value is -3.25. The third-order valence-electron chi connectivity index (χ3n) is 5.98. The Bertz CT molecular complexity index is 1170. The van der Waals surface area contributed by atoms with Gasteiger partial charge in [0.05, 0.1) is 17.4 Å². The van der Waals surface area contributed by atoms with Crippen LogP contribution in [0.5, 0.6) is 11.5 Å². The number of ketones is 1. The molecule has 1 aliphatic carbocycles. The molecule has 5 nitrogen and oxygen atoms in total. The summed E-state index contributed by atoms with van der Waals surface area (Å²) in [6, 6.07) is 18.0. The van der Waals surface area contributed by atoms with Gasteiger partial charge in [0.1, 0.15) is 0 Å². The predicted molar refractivity (Wildman–Crippen MR) is 117 cm³/mol. The van der Waals surface area contributed by atoms with E-state index < -0.39 is 0 Å². The molecule has 3 aliphatic rings. The van der Waals surface area contributed by atoms with Gasteiger partial charge < -0.3 is 20.1 Å². The van der Waals surface area contributed by atoms with Gasteiger partial charge in [-0.05, 0) is 47.7 Å². The molecule has 2 N–H and O–H groups in total. The fraction of sp³-hybridized carbons (Fsp3) is 0.208. The Morgan fingerprint density at radius 2 is 1.80 bits per heavy atom. The van der Waals surface area contributed by atoms with Gasteiger partial charge in [-0.2, -0.15) is 0 Å². The Labute approximate surface area is 178 Å². The maximum absolute atomic E-state index is 13.5. The normalized spacial score (nSPS) is 21.9. The molecule has 1 aromatic heterocycles. The van der Waals surface area contributed by atoms with Gasteiger partial charge in [-0.1, -0.05) is 24.3 Å². The number of carbonyl (C=O) groups excluding carboxylic acids is 1. The van der Waals surface area contributed by atoms with E-state index in [0.717, 1.165) is 46.1 Å². The average molecular weight is 417 g/mol. The molecule has 2 aromatic carbocycles. The van der Waals surface area contributed by atoms with Crippen molar-refractivity contribution < 1.29 is 14.3 Å². The first-order valence-corrected chi connectivity index (χ1v) is 11.0. The minimum Gasteiger partial charge on any atom is -0.454 e. The predicted octanol–water partition coefficient (Wildman–Crippen LogP) is 5.46. The number of fused-ring (bicyclic) bond motifs is 2. The quantitative estimate of drug-likeness (QED) is 0.581. The van der Waals surface area contributed by atoms with E-state index >= 15 is 0 Å². The number of ether oxygens (including phenoxy) is 2. The van der Waals surface area contributed by atoms with Crippen molar-refractivity contribution in [2.75, 3.05) is 17.4 Å². The molecule has 0 saturated heterocycles. The molecule has 3 aromatic rings. The van der Waals surface area contributed by atoms with Crippen molar-refractivity contribution >= 4 is 28.5 Å². The summed E-state index contributed by atoms with van der Waals surface area (Å²) in [5.74, 6) is 1.87. The minimum atomic E-state index is -0.248. The largest absolute Gasteiger partial charge is 0.454 e. The highest BCUT2D eigenvalue weighted by Crippen LogP contribution is 2.46. The van der Waals surface area contributed by atoms with E-state index in [-0.39, 0.29) is 24.5 Å². The van der Waals surface area contributed by atoms with Gasteiger partial charge >= 0.3 is 0 Å². The molecule has 0 saturated carbocycles. The van der Waals surface area contributed by atoms with Crippen molar-refractivity contribution in [2.24, 2.45) is 0 Å². The summed E-state index contributed by atoms with van der Waals surface area (Å²) < 4.78 is 11.1. The molecule has 0 radical (unpaired) electrons. The molecular weight excluding hydrogens is 396 g/mol. The maximum Gasteiger partial charge on any atom is 0.231 e. The van der Waals surface area contributed by atoms with Crippen molar-refractivity contribution in [2.45, 2.75) is 24.8 Å². The van der Waals surface area contributed by atoms with Crippen LogP contribution in [0.15, 0.2) is 71.2 Å². The second kappa shape index (κ2) is 6.92. The number of carbonyl (C=O) groups is 1. The highest BCUT2D eigenvalue weighted by Gasteiger charge is 2.36. The molecule has 2 aliphatic heterocycles. The topological polar surface area (TPSA) is 59.6 Å². The van der Waals surface area contributed by atoms with Crippen LogP contribution in [0.25, 0.3) is 0 Å². The lowest BCUT2D eigenvalue weighted by atomic mass is 9.81. The number of para-hydroxylation sites is 2. The molecule has 2 atom stereocenters.